The van der Waals surface area contributed by atoms with Crippen molar-refractivity contribution >= 4 is 23.3 Å². The van der Waals surface area contributed by atoms with Gasteiger partial charge in [0.05, 0.1) is 11.1 Å². The lowest BCUT2D eigenvalue weighted by atomic mass is 9.79. The summed E-state index contributed by atoms with van der Waals surface area (Å²) in [6.07, 6.45) is 5.41. The number of nitrogens with one attached hydrogen (secondary N) is 1. The molecule has 1 N–H and O–H groups in total. The molecule has 1 fully saturated rings. The van der Waals surface area contributed by atoms with Gasteiger partial charge in [-0.05, 0) is 66.5 Å². The van der Waals surface area contributed by atoms with Gasteiger partial charge in [-0.2, -0.15) is 0 Å². The number of carbonyl (C=O) groups excluding carboxylic acids is 2. The highest BCUT2D eigenvalue weighted by Gasteiger charge is 2.46. The molecule has 1 saturated heterocycles. The Balaban J connectivity index is 1.60. The summed E-state index contributed by atoms with van der Waals surface area (Å²) in [7, 11) is 0. The Morgan fingerprint density at radius 3 is 2.72 bits per heavy atom. The minimum absolute atomic E-state index is 0.00255. The zero-order valence-corrected chi connectivity index (χ0v) is 19.2. The maximum absolute atomic E-state index is 13.2. The van der Waals surface area contributed by atoms with Crippen molar-refractivity contribution in [2.24, 2.45) is 5.41 Å². The van der Waals surface area contributed by atoms with Crippen LogP contribution in [0.2, 0.25) is 0 Å². The molecule has 1 unspecified atom stereocenters. The molecule has 1 aromatic carbocycles. The zero-order valence-electron chi connectivity index (χ0n) is 18.4. The number of carbonyl (C=O) groups is 2. The third-order valence-corrected chi connectivity index (χ3v) is 6.78. The Kier molecular flexibility index (Phi) is 6.60. The maximum Gasteiger partial charge on any atom is 0.267 e. The predicted octanol–water partition coefficient (Wildman–Crippen LogP) is 3.37. The Labute approximate surface area is 192 Å². The number of hydrogen-bond acceptors (Lipinski definition) is 6. The van der Waals surface area contributed by atoms with Gasteiger partial charge >= 0.3 is 0 Å². The SMILES string of the molecule is CCNC(=O)C1(Cc2cccc(-c3ccncc3)c2)CCN(C(=O)c2snnc2CC)C1. The summed E-state index contributed by atoms with van der Waals surface area (Å²) in [6, 6.07) is 12.2. The summed E-state index contributed by atoms with van der Waals surface area (Å²) in [5, 5.41) is 7.08. The average Bonchev–Trinajstić information content (AvgIpc) is 3.48. The quantitative estimate of drug-likeness (QED) is 0.597. The second-order valence-electron chi connectivity index (χ2n) is 8.13. The fraction of sp³-hybridized carbons (Fsp3) is 0.375. The predicted molar refractivity (Wildman–Crippen MR) is 124 cm³/mol. The van der Waals surface area contributed by atoms with E-state index >= 15 is 0 Å². The number of amides is 2. The van der Waals surface area contributed by atoms with Crippen LogP contribution in [-0.4, -0.2) is 50.9 Å². The number of likely N-dealkylation sites (tertiary alicyclic amines) is 1. The van der Waals surface area contributed by atoms with Crippen LogP contribution in [-0.2, 0) is 17.6 Å². The summed E-state index contributed by atoms with van der Waals surface area (Å²) in [5.74, 6) is -0.0729. The van der Waals surface area contributed by atoms with E-state index in [1.807, 2.05) is 32.0 Å². The summed E-state index contributed by atoms with van der Waals surface area (Å²) in [5.41, 5.74) is 3.31. The minimum Gasteiger partial charge on any atom is -0.356 e. The van der Waals surface area contributed by atoms with Gasteiger partial charge in [-0.25, -0.2) is 0 Å². The van der Waals surface area contributed by atoms with Gasteiger partial charge in [0.1, 0.15) is 4.88 Å². The van der Waals surface area contributed by atoms with Gasteiger partial charge in [-0.3, -0.25) is 14.6 Å². The van der Waals surface area contributed by atoms with Gasteiger partial charge in [-0.15, -0.1) is 5.10 Å². The smallest absolute Gasteiger partial charge is 0.267 e. The third-order valence-electron chi connectivity index (χ3n) is 6.03. The van der Waals surface area contributed by atoms with E-state index in [4.69, 9.17) is 0 Å². The maximum atomic E-state index is 13.2. The molecule has 1 aliphatic rings. The number of nitrogens with zero attached hydrogens (tertiary/aromatic N) is 4. The molecular weight excluding hydrogens is 422 g/mol. The minimum atomic E-state index is -0.660. The van der Waals surface area contributed by atoms with Crippen molar-refractivity contribution in [3.05, 3.63) is 64.9 Å². The first-order valence-electron chi connectivity index (χ1n) is 10.9. The van der Waals surface area contributed by atoms with E-state index in [1.54, 1.807) is 17.3 Å². The number of hydrogen-bond donors (Lipinski definition) is 1. The highest BCUT2D eigenvalue weighted by molar-refractivity contribution is 7.08. The van der Waals surface area contributed by atoms with Crippen molar-refractivity contribution < 1.29 is 9.59 Å². The zero-order chi connectivity index (χ0) is 22.6. The first-order chi connectivity index (χ1) is 15.6. The second-order valence-corrected chi connectivity index (χ2v) is 8.89. The van der Waals surface area contributed by atoms with Crippen LogP contribution in [0.5, 0.6) is 0 Å². The van der Waals surface area contributed by atoms with Crippen molar-refractivity contribution in [2.75, 3.05) is 19.6 Å². The van der Waals surface area contributed by atoms with Crippen molar-refractivity contribution in [3.63, 3.8) is 0 Å². The lowest BCUT2D eigenvalue weighted by molar-refractivity contribution is -0.130. The van der Waals surface area contributed by atoms with E-state index in [-0.39, 0.29) is 11.8 Å². The molecule has 4 rings (SSSR count). The molecule has 0 saturated carbocycles. The van der Waals surface area contributed by atoms with E-state index in [9.17, 15) is 9.59 Å². The van der Waals surface area contributed by atoms with Crippen molar-refractivity contribution in [1.29, 1.82) is 0 Å². The molecule has 32 heavy (non-hydrogen) atoms. The number of aromatic nitrogens is 3. The van der Waals surface area contributed by atoms with E-state index in [1.165, 1.54) is 0 Å². The normalized spacial score (nSPS) is 18.0. The fourth-order valence-electron chi connectivity index (χ4n) is 4.35. The summed E-state index contributed by atoms with van der Waals surface area (Å²) < 4.78 is 3.95. The van der Waals surface area contributed by atoms with Gasteiger partial charge in [0, 0.05) is 32.0 Å². The van der Waals surface area contributed by atoms with Crippen molar-refractivity contribution in [1.82, 2.24) is 24.8 Å². The molecule has 1 atom stereocenters. The Hall–Kier alpha value is -3.13. The van der Waals surface area contributed by atoms with E-state index in [0.29, 0.717) is 43.8 Å². The fourth-order valence-corrected chi connectivity index (χ4v) is 5.06. The topological polar surface area (TPSA) is 88.1 Å². The standard InChI is InChI=1S/C24H27N5O2S/c1-3-20-21(32-28-27-20)22(30)29-13-10-24(16-29,23(31)26-4-2)15-17-6-5-7-19(14-17)18-8-11-25-12-9-18/h5-9,11-12,14H,3-4,10,13,15-16H2,1-2H3,(H,26,31). The first kappa shape index (κ1) is 22.1. The largest absolute Gasteiger partial charge is 0.356 e. The van der Waals surface area contributed by atoms with Gasteiger partial charge in [0.15, 0.2) is 0 Å². The molecule has 1 aliphatic heterocycles. The molecule has 3 aromatic rings. The highest BCUT2D eigenvalue weighted by atomic mass is 32.1. The molecule has 8 heteroatoms. The van der Waals surface area contributed by atoms with Crippen molar-refractivity contribution in [2.45, 2.75) is 33.1 Å². The van der Waals surface area contributed by atoms with E-state index in [0.717, 1.165) is 33.9 Å². The number of rotatable bonds is 7. The molecule has 0 aliphatic carbocycles. The molecule has 2 amide bonds. The first-order valence-corrected chi connectivity index (χ1v) is 11.7. The number of pyridine rings is 1. The van der Waals surface area contributed by atoms with Crippen LogP contribution in [0.15, 0.2) is 48.8 Å². The molecule has 7 nitrogen and oxygen atoms in total. The molecule has 3 heterocycles. The van der Waals surface area contributed by atoms with Crippen LogP contribution in [0.4, 0.5) is 0 Å². The third kappa shape index (κ3) is 4.41. The van der Waals surface area contributed by atoms with Gasteiger partial charge in [0.25, 0.3) is 5.91 Å². The van der Waals surface area contributed by atoms with Gasteiger partial charge in [-0.1, -0.05) is 35.7 Å². The number of benzene rings is 1. The van der Waals surface area contributed by atoms with Crippen LogP contribution >= 0.6 is 11.5 Å². The Morgan fingerprint density at radius 2 is 1.97 bits per heavy atom. The number of aryl methyl sites for hydroxylation is 1. The average molecular weight is 450 g/mol. The van der Waals surface area contributed by atoms with Crippen LogP contribution in [0.1, 0.15) is 41.2 Å². The molecule has 0 radical (unpaired) electrons. The summed E-state index contributed by atoms with van der Waals surface area (Å²) in [4.78, 5) is 32.9. The molecule has 2 aromatic heterocycles. The van der Waals surface area contributed by atoms with Gasteiger partial charge in [0.2, 0.25) is 5.91 Å². The molecule has 0 bridgehead atoms. The molecule has 166 valence electrons. The van der Waals surface area contributed by atoms with E-state index in [2.05, 4.69) is 38.1 Å². The second kappa shape index (κ2) is 9.56. The Morgan fingerprint density at radius 1 is 1.16 bits per heavy atom. The summed E-state index contributed by atoms with van der Waals surface area (Å²) in [6.45, 7) is 5.37. The van der Waals surface area contributed by atoms with E-state index < -0.39 is 5.41 Å². The van der Waals surface area contributed by atoms with Crippen molar-refractivity contribution in [3.8, 4) is 11.1 Å². The Bertz CT molecular complexity index is 1100. The van der Waals surface area contributed by atoms with Crippen LogP contribution in [0.25, 0.3) is 11.1 Å². The molecule has 0 spiro atoms. The lowest BCUT2D eigenvalue weighted by Gasteiger charge is -2.28. The van der Waals surface area contributed by atoms with Crippen LogP contribution < -0.4 is 5.32 Å². The van der Waals surface area contributed by atoms with Crippen LogP contribution in [0, 0.1) is 5.41 Å². The van der Waals surface area contributed by atoms with Gasteiger partial charge < -0.3 is 10.2 Å². The summed E-state index contributed by atoms with van der Waals surface area (Å²) >= 11 is 1.13. The molecular formula is C24H27N5O2S. The van der Waals surface area contributed by atoms with Crippen LogP contribution in [0.3, 0.4) is 0 Å². The lowest BCUT2D eigenvalue weighted by Crippen LogP contribution is -2.45. The monoisotopic (exact) mass is 449 g/mol. The highest BCUT2D eigenvalue weighted by Crippen LogP contribution is 2.36.